The van der Waals surface area contributed by atoms with E-state index in [1.54, 1.807) is 31.2 Å². The van der Waals surface area contributed by atoms with Crippen LogP contribution in [-0.4, -0.2) is 11.8 Å². The Balaban J connectivity index is 2.59. The zero-order valence-corrected chi connectivity index (χ0v) is 8.53. The van der Waals surface area contributed by atoms with Gasteiger partial charge in [-0.1, -0.05) is 19.1 Å². The van der Waals surface area contributed by atoms with Crippen LogP contribution in [0.1, 0.15) is 19.8 Å². The predicted molar refractivity (Wildman–Crippen MR) is 56.4 cm³/mol. The first-order valence-corrected chi connectivity index (χ1v) is 4.70. The second-order valence-corrected chi connectivity index (χ2v) is 3.08. The van der Waals surface area contributed by atoms with Gasteiger partial charge in [0.05, 0.1) is 5.69 Å². The molecule has 0 saturated heterocycles. The number of esters is 1. The van der Waals surface area contributed by atoms with E-state index in [0.29, 0.717) is 17.9 Å². The van der Waals surface area contributed by atoms with Gasteiger partial charge in [0, 0.05) is 6.42 Å². The summed E-state index contributed by atoms with van der Waals surface area (Å²) in [5.74, 6) is -0.416. The van der Waals surface area contributed by atoms with Crippen LogP contribution in [0.25, 0.3) is 0 Å². The summed E-state index contributed by atoms with van der Waals surface area (Å²) in [6.07, 6.45) is 0.129. The molecule has 1 aromatic carbocycles. The van der Waals surface area contributed by atoms with Gasteiger partial charge in [-0.15, -0.1) is 0 Å². The second-order valence-electron chi connectivity index (χ2n) is 3.08. The summed E-state index contributed by atoms with van der Waals surface area (Å²) in [4.78, 5) is 22.2. The van der Waals surface area contributed by atoms with Crippen LogP contribution in [0.4, 0.5) is 5.69 Å². The number of para-hydroxylation sites is 2. The Morgan fingerprint density at radius 3 is 2.60 bits per heavy atom. The van der Waals surface area contributed by atoms with Crippen molar-refractivity contribution in [3.05, 3.63) is 24.3 Å². The Morgan fingerprint density at radius 1 is 1.33 bits per heavy atom. The van der Waals surface area contributed by atoms with Crippen LogP contribution in [0, 0.1) is 0 Å². The van der Waals surface area contributed by atoms with Crippen molar-refractivity contribution in [2.75, 3.05) is 5.73 Å². The van der Waals surface area contributed by atoms with Crippen LogP contribution >= 0.6 is 0 Å². The third-order valence-electron chi connectivity index (χ3n) is 1.88. The van der Waals surface area contributed by atoms with Crippen LogP contribution in [0.2, 0.25) is 0 Å². The number of benzene rings is 1. The number of Topliss-reactive ketones (excluding diaryl/α,β-unsaturated/α-hetero) is 1. The van der Waals surface area contributed by atoms with Crippen LogP contribution < -0.4 is 10.5 Å². The number of anilines is 1. The molecule has 15 heavy (non-hydrogen) atoms. The molecule has 1 rings (SSSR count). The highest BCUT2D eigenvalue weighted by Gasteiger charge is 2.11. The van der Waals surface area contributed by atoms with E-state index in [4.69, 9.17) is 10.5 Å². The Labute approximate surface area is 88.0 Å². The number of hydrogen-bond donors (Lipinski definition) is 1. The van der Waals surface area contributed by atoms with Crippen molar-refractivity contribution in [1.82, 2.24) is 0 Å². The highest BCUT2D eigenvalue weighted by molar-refractivity contribution is 5.96. The lowest BCUT2D eigenvalue weighted by Crippen LogP contribution is -2.13. The number of ketones is 1. The van der Waals surface area contributed by atoms with Gasteiger partial charge >= 0.3 is 5.97 Å². The van der Waals surface area contributed by atoms with Crippen molar-refractivity contribution in [3.8, 4) is 5.75 Å². The van der Waals surface area contributed by atoms with Crippen molar-refractivity contribution in [1.29, 1.82) is 0 Å². The lowest BCUT2D eigenvalue weighted by Gasteiger charge is -2.05. The molecular formula is C11H13NO3. The van der Waals surface area contributed by atoms with Crippen molar-refractivity contribution in [2.24, 2.45) is 0 Å². The molecule has 0 amide bonds. The van der Waals surface area contributed by atoms with Crippen molar-refractivity contribution in [2.45, 2.75) is 19.8 Å². The van der Waals surface area contributed by atoms with E-state index in [0.717, 1.165) is 0 Å². The molecule has 0 saturated carbocycles. The SMILES string of the molecule is CCC(=O)CC(=O)Oc1ccccc1N. The maximum atomic E-state index is 11.2. The maximum Gasteiger partial charge on any atom is 0.318 e. The van der Waals surface area contributed by atoms with Gasteiger partial charge in [-0.2, -0.15) is 0 Å². The van der Waals surface area contributed by atoms with Gasteiger partial charge in [0.1, 0.15) is 12.2 Å². The van der Waals surface area contributed by atoms with E-state index in [1.807, 2.05) is 0 Å². The molecule has 4 nitrogen and oxygen atoms in total. The summed E-state index contributed by atoms with van der Waals surface area (Å²) < 4.78 is 4.93. The maximum absolute atomic E-state index is 11.2. The molecule has 0 heterocycles. The number of nitrogens with two attached hydrogens (primary N) is 1. The number of hydrogen-bond acceptors (Lipinski definition) is 4. The zero-order valence-electron chi connectivity index (χ0n) is 8.53. The molecule has 2 N–H and O–H groups in total. The summed E-state index contributed by atoms with van der Waals surface area (Å²) in [5, 5.41) is 0. The zero-order chi connectivity index (χ0) is 11.3. The Hall–Kier alpha value is -1.84. The highest BCUT2D eigenvalue weighted by atomic mass is 16.5. The fourth-order valence-corrected chi connectivity index (χ4v) is 1.02. The molecule has 0 radical (unpaired) electrons. The largest absolute Gasteiger partial charge is 0.424 e. The number of carbonyl (C=O) groups is 2. The third-order valence-corrected chi connectivity index (χ3v) is 1.88. The number of ether oxygens (including phenoxy) is 1. The van der Waals surface area contributed by atoms with Crippen molar-refractivity contribution < 1.29 is 14.3 Å². The Bertz CT molecular complexity index is 374. The molecule has 0 fully saturated rings. The van der Waals surface area contributed by atoms with Gasteiger partial charge in [-0.05, 0) is 12.1 Å². The van der Waals surface area contributed by atoms with E-state index in [-0.39, 0.29) is 12.2 Å². The molecule has 4 heteroatoms. The molecular weight excluding hydrogens is 194 g/mol. The van der Waals surface area contributed by atoms with Crippen LogP contribution in [0.15, 0.2) is 24.3 Å². The summed E-state index contributed by atoms with van der Waals surface area (Å²) in [6, 6.07) is 6.67. The van der Waals surface area contributed by atoms with Gasteiger partial charge in [0.15, 0.2) is 5.75 Å². The Morgan fingerprint density at radius 2 is 2.00 bits per heavy atom. The average molecular weight is 207 g/mol. The number of rotatable bonds is 4. The van der Waals surface area contributed by atoms with Gasteiger partial charge in [0.25, 0.3) is 0 Å². The minimum absolute atomic E-state index is 0.144. The minimum atomic E-state index is -0.570. The second kappa shape index (κ2) is 5.14. The smallest absolute Gasteiger partial charge is 0.318 e. The number of nitrogen functional groups attached to an aromatic ring is 1. The molecule has 80 valence electrons. The molecule has 0 bridgehead atoms. The van der Waals surface area contributed by atoms with Gasteiger partial charge in [-0.25, -0.2) is 0 Å². The first kappa shape index (κ1) is 11.2. The molecule has 0 aromatic heterocycles. The summed E-state index contributed by atoms with van der Waals surface area (Å²) in [6.45, 7) is 1.70. The number of carbonyl (C=O) groups excluding carboxylic acids is 2. The fraction of sp³-hybridized carbons (Fsp3) is 0.273. The minimum Gasteiger partial charge on any atom is -0.424 e. The summed E-state index contributed by atoms with van der Waals surface area (Å²) in [7, 11) is 0. The summed E-state index contributed by atoms with van der Waals surface area (Å²) >= 11 is 0. The lowest BCUT2D eigenvalue weighted by molar-refractivity contribution is -0.137. The molecule has 1 aromatic rings. The van der Waals surface area contributed by atoms with Crippen molar-refractivity contribution >= 4 is 17.4 Å². The van der Waals surface area contributed by atoms with Gasteiger partial charge in [0.2, 0.25) is 0 Å². The van der Waals surface area contributed by atoms with Gasteiger partial charge < -0.3 is 10.5 Å². The molecule has 0 aliphatic carbocycles. The van der Waals surface area contributed by atoms with E-state index < -0.39 is 5.97 Å². The molecule has 0 unspecified atom stereocenters. The molecule has 0 aliphatic heterocycles. The Kier molecular flexibility index (Phi) is 3.85. The van der Waals surface area contributed by atoms with E-state index in [9.17, 15) is 9.59 Å². The van der Waals surface area contributed by atoms with Crippen LogP contribution in [0.5, 0.6) is 5.75 Å². The van der Waals surface area contributed by atoms with Crippen molar-refractivity contribution in [3.63, 3.8) is 0 Å². The topological polar surface area (TPSA) is 69.4 Å². The highest BCUT2D eigenvalue weighted by Crippen LogP contribution is 2.20. The lowest BCUT2D eigenvalue weighted by atomic mass is 10.2. The first-order chi connectivity index (χ1) is 7.13. The van der Waals surface area contributed by atoms with E-state index >= 15 is 0 Å². The van der Waals surface area contributed by atoms with Gasteiger partial charge in [-0.3, -0.25) is 9.59 Å². The normalized spacial score (nSPS) is 9.67. The van der Waals surface area contributed by atoms with E-state index in [2.05, 4.69) is 0 Å². The van der Waals surface area contributed by atoms with E-state index in [1.165, 1.54) is 0 Å². The molecule has 0 spiro atoms. The summed E-state index contributed by atoms with van der Waals surface area (Å²) in [5.41, 5.74) is 5.95. The molecule has 0 aliphatic rings. The third kappa shape index (κ3) is 3.42. The molecule has 0 atom stereocenters. The monoisotopic (exact) mass is 207 g/mol. The first-order valence-electron chi connectivity index (χ1n) is 4.70. The average Bonchev–Trinajstić information content (AvgIpc) is 2.21. The fourth-order valence-electron chi connectivity index (χ4n) is 1.02. The quantitative estimate of drug-likeness (QED) is 0.352. The van der Waals surface area contributed by atoms with Crippen LogP contribution in [0.3, 0.4) is 0 Å². The predicted octanol–water partition coefficient (Wildman–Crippen LogP) is 1.54. The standard InChI is InChI=1S/C11H13NO3/c1-2-8(13)7-11(14)15-10-6-4-3-5-9(10)12/h3-6H,2,7,12H2,1H3. The van der Waals surface area contributed by atoms with Crippen LogP contribution in [-0.2, 0) is 9.59 Å².